The highest BCUT2D eigenvalue weighted by atomic mass is 19.2. The van der Waals surface area contributed by atoms with Gasteiger partial charge < -0.3 is 14.6 Å². The monoisotopic (exact) mass is 334 g/mol. The second kappa shape index (κ2) is 6.82. The summed E-state index contributed by atoms with van der Waals surface area (Å²) < 4.78 is 31.1. The van der Waals surface area contributed by atoms with Crippen molar-refractivity contribution in [2.75, 3.05) is 18.4 Å². The zero-order valence-corrected chi connectivity index (χ0v) is 12.8. The highest BCUT2D eigenvalue weighted by Crippen LogP contribution is 2.22. The normalized spacial score (nSPS) is 15.3. The molecule has 24 heavy (non-hydrogen) atoms. The largest absolute Gasteiger partial charge is 0.459 e. The third kappa shape index (κ3) is 3.45. The van der Waals surface area contributed by atoms with E-state index in [1.54, 1.807) is 17.0 Å². The van der Waals surface area contributed by atoms with Crippen molar-refractivity contribution in [2.24, 2.45) is 5.92 Å². The molecule has 0 atom stereocenters. The Bertz CT molecular complexity index is 738. The topological polar surface area (TPSA) is 62.6 Å². The molecule has 1 aromatic carbocycles. The molecule has 1 aliphatic heterocycles. The van der Waals surface area contributed by atoms with E-state index in [1.165, 1.54) is 12.3 Å². The van der Waals surface area contributed by atoms with Gasteiger partial charge in [0.25, 0.3) is 5.91 Å². The van der Waals surface area contributed by atoms with Crippen LogP contribution >= 0.6 is 0 Å². The Morgan fingerprint density at radius 1 is 1.12 bits per heavy atom. The van der Waals surface area contributed by atoms with Crippen LogP contribution in [0.3, 0.4) is 0 Å². The molecule has 1 fully saturated rings. The van der Waals surface area contributed by atoms with Crippen molar-refractivity contribution >= 4 is 17.5 Å². The SMILES string of the molecule is O=C(Nc1ccc(F)c(F)c1)C1CCN(C(=O)c2ccco2)CC1. The summed E-state index contributed by atoms with van der Waals surface area (Å²) in [7, 11) is 0. The molecule has 1 N–H and O–H groups in total. The van der Waals surface area contributed by atoms with Crippen LogP contribution in [0.15, 0.2) is 41.0 Å². The summed E-state index contributed by atoms with van der Waals surface area (Å²) >= 11 is 0. The predicted molar refractivity (Wildman–Crippen MR) is 82.3 cm³/mol. The predicted octanol–water partition coefficient (Wildman–Crippen LogP) is 3.05. The maximum absolute atomic E-state index is 13.2. The molecule has 3 rings (SSSR count). The lowest BCUT2D eigenvalue weighted by atomic mass is 9.95. The highest BCUT2D eigenvalue weighted by Gasteiger charge is 2.28. The number of hydrogen-bond donors (Lipinski definition) is 1. The fourth-order valence-corrected chi connectivity index (χ4v) is 2.72. The van der Waals surface area contributed by atoms with Crippen molar-refractivity contribution in [1.82, 2.24) is 4.90 Å². The number of likely N-dealkylation sites (tertiary alicyclic amines) is 1. The lowest BCUT2D eigenvalue weighted by molar-refractivity contribution is -0.121. The number of halogens is 2. The van der Waals surface area contributed by atoms with Crippen LogP contribution in [-0.2, 0) is 4.79 Å². The van der Waals surface area contributed by atoms with Crippen LogP contribution in [0, 0.1) is 17.6 Å². The van der Waals surface area contributed by atoms with Crippen molar-refractivity contribution in [3.8, 4) is 0 Å². The van der Waals surface area contributed by atoms with E-state index in [4.69, 9.17) is 4.42 Å². The van der Waals surface area contributed by atoms with E-state index < -0.39 is 11.6 Å². The fraction of sp³-hybridized carbons (Fsp3) is 0.294. The first-order chi connectivity index (χ1) is 11.5. The number of carbonyl (C=O) groups is 2. The van der Waals surface area contributed by atoms with Gasteiger partial charge in [0.2, 0.25) is 5.91 Å². The van der Waals surface area contributed by atoms with Gasteiger partial charge in [0.15, 0.2) is 17.4 Å². The van der Waals surface area contributed by atoms with Gasteiger partial charge in [0.05, 0.1) is 6.26 Å². The lowest BCUT2D eigenvalue weighted by Gasteiger charge is -2.30. The van der Waals surface area contributed by atoms with Crippen LogP contribution in [-0.4, -0.2) is 29.8 Å². The third-order valence-electron chi connectivity index (χ3n) is 4.07. The summed E-state index contributed by atoms with van der Waals surface area (Å²) in [4.78, 5) is 26.0. The van der Waals surface area contributed by atoms with E-state index in [0.29, 0.717) is 25.9 Å². The number of benzene rings is 1. The summed E-state index contributed by atoms with van der Waals surface area (Å²) in [5.74, 6) is -2.42. The van der Waals surface area contributed by atoms with E-state index in [9.17, 15) is 18.4 Å². The van der Waals surface area contributed by atoms with Crippen LogP contribution in [0.2, 0.25) is 0 Å². The summed E-state index contributed by atoms with van der Waals surface area (Å²) in [6, 6.07) is 6.48. The summed E-state index contributed by atoms with van der Waals surface area (Å²) in [6.07, 6.45) is 2.44. The second-order valence-electron chi connectivity index (χ2n) is 5.66. The second-order valence-corrected chi connectivity index (χ2v) is 5.66. The Morgan fingerprint density at radius 3 is 2.50 bits per heavy atom. The number of amides is 2. The summed E-state index contributed by atoms with van der Waals surface area (Å²) in [5, 5.41) is 2.58. The number of nitrogens with one attached hydrogen (secondary N) is 1. The molecule has 2 heterocycles. The molecule has 1 aliphatic rings. The maximum Gasteiger partial charge on any atom is 0.289 e. The molecule has 0 spiro atoms. The van der Waals surface area contributed by atoms with Crippen molar-refractivity contribution in [3.05, 3.63) is 54.0 Å². The van der Waals surface area contributed by atoms with Crippen LogP contribution < -0.4 is 5.32 Å². The molecule has 0 radical (unpaired) electrons. The molecule has 1 saturated heterocycles. The molecule has 0 saturated carbocycles. The Morgan fingerprint density at radius 2 is 1.88 bits per heavy atom. The number of piperidine rings is 1. The molecule has 7 heteroatoms. The van der Waals surface area contributed by atoms with Gasteiger partial charge in [0.1, 0.15) is 0 Å². The lowest BCUT2D eigenvalue weighted by Crippen LogP contribution is -2.41. The average molecular weight is 334 g/mol. The van der Waals surface area contributed by atoms with Crippen molar-refractivity contribution in [2.45, 2.75) is 12.8 Å². The zero-order chi connectivity index (χ0) is 17.1. The molecule has 0 bridgehead atoms. The van der Waals surface area contributed by atoms with Gasteiger partial charge in [-0.05, 0) is 37.1 Å². The molecular weight excluding hydrogens is 318 g/mol. The summed E-state index contributed by atoms with van der Waals surface area (Å²) in [6.45, 7) is 0.880. The van der Waals surface area contributed by atoms with Crippen LogP contribution in [0.1, 0.15) is 23.4 Å². The molecule has 0 aliphatic carbocycles. The minimum absolute atomic E-state index is 0.195. The minimum atomic E-state index is -1.01. The molecule has 2 amide bonds. The summed E-state index contributed by atoms with van der Waals surface area (Å²) in [5.41, 5.74) is 0.216. The standard InChI is InChI=1S/C17H16F2N2O3/c18-13-4-3-12(10-14(13)19)20-16(22)11-5-7-21(8-6-11)17(23)15-2-1-9-24-15/h1-4,9-11H,5-8H2,(H,20,22). The molecule has 5 nitrogen and oxygen atoms in total. The third-order valence-corrected chi connectivity index (χ3v) is 4.07. The number of anilines is 1. The van der Waals surface area contributed by atoms with E-state index in [2.05, 4.69) is 5.32 Å². The van der Waals surface area contributed by atoms with Crippen LogP contribution in [0.25, 0.3) is 0 Å². The quantitative estimate of drug-likeness (QED) is 0.938. The first-order valence-corrected chi connectivity index (χ1v) is 7.63. The van der Waals surface area contributed by atoms with E-state index in [0.717, 1.165) is 12.1 Å². The number of rotatable bonds is 3. The van der Waals surface area contributed by atoms with Gasteiger partial charge in [-0.3, -0.25) is 9.59 Å². The number of carbonyl (C=O) groups excluding carboxylic acids is 2. The molecule has 2 aromatic rings. The van der Waals surface area contributed by atoms with Crippen LogP contribution in [0.4, 0.5) is 14.5 Å². The Labute approximate surface area is 137 Å². The first kappa shape index (κ1) is 16.2. The Kier molecular flexibility index (Phi) is 4.59. The first-order valence-electron chi connectivity index (χ1n) is 7.63. The Balaban J connectivity index is 1.55. The number of furan rings is 1. The highest BCUT2D eigenvalue weighted by molar-refractivity contribution is 5.94. The zero-order valence-electron chi connectivity index (χ0n) is 12.8. The molecular formula is C17H16F2N2O3. The van der Waals surface area contributed by atoms with Crippen molar-refractivity contribution in [3.63, 3.8) is 0 Å². The van der Waals surface area contributed by atoms with Gasteiger partial charge in [-0.15, -0.1) is 0 Å². The van der Waals surface area contributed by atoms with Crippen molar-refractivity contribution < 1.29 is 22.8 Å². The van der Waals surface area contributed by atoms with Crippen LogP contribution in [0.5, 0.6) is 0 Å². The van der Waals surface area contributed by atoms with Gasteiger partial charge in [0, 0.05) is 30.8 Å². The maximum atomic E-state index is 13.2. The number of hydrogen-bond acceptors (Lipinski definition) is 3. The average Bonchev–Trinajstić information content (AvgIpc) is 3.12. The van der Waals surface area contributed by atoms with Crippen molar-refractivity contribution in [1.29, 1.82) is 0 Å². The van der Waals surface area contributed by atoms with Gasteiger partial charge in [-0.1, -0.05) is 0 Å². The Hall–Kier alpha value is -2.70. The van der Waals surface area contributed by atoms with E-state index in [1.807, 2.05) is 0 Å². The minimum Gasteiger partial charge on any atom is -0.459 e. The van der Waals surface area contributed by atoms with E-state index in [-0.39, 0.29) is 29.2 Å². The smallest absolute Gasteiger partial charge is 0.289 e. The van der Waals surface area contributed by atoms with Gasteiger partial charge in [-0.2, -0.15) is 0 Å². The number of nitrogens with zero attached hydrogens (tertiary/aromatic N) is 1. The molecule has 126 valence electrons. The molecule has 1 aromatic heterocycles. The molecule has 0 unspecified atom stereocenters. The van der Waals surface area contributed by atoms with E-state index >= 15 is 0 Å². The van der Waals surface area contributed by atoms with Gasteiger partial charge >= 0.3 is 0 Å². The fourth-order valence-electron chi connectivity index (χ4n) is 2.72. The van der Waals surface area contributed by atoms with Gasteiger partial charge in [-0.25, -0.2) is 8.78 Å².